The number of aliphatic hydroxyl groups is 1. The highest BCUT2D eigenvalue weighted by Gasteiger charge is 2.13. The van der Waals surface area contributed by atoms with Crippen molar-refractivity contribution >= 4 is 11.3 Å². The third kappa shape index (κ3) is 2.08. The quantitative estimate of drug-likeness (QED) is 0.890. The van der Waals surface area contributed by atoms with Gasteiger partial charge in [-0.15, -0.1) is 11.3 Å². The summed E-state index contributed by atoms with van der Waals surface area (Å²) < 4.78 is 18.2. The van der Waals surface area contributed by atoms with Crippen LogP contribution in [0.4, 0.5) is 4.39 Å². The summed E-state index contributed by atoms with van der Waals surface area (Å²) in [6.07, 6.45) is -0.777. The van der Waals surface area contributed by atoms with E-state index in [4.69, 9.17) is 4.74 Å². The highest BCUT2D eigenvalue weighted by molar-refractivity contribution is 7.10. The van der Waals surface area contributed by atoms with Crippen LogP contribution in [0.2, 0.25) is 0 Å². The summed E-state index contributed by atoms with van der Waals surface area (Å²) in [4.78, 5) is 0.796. The number of ether oxygens (including phenoxy) is 1. The van der Waals surface area contributed by atoms with Crippen LogP contribution in [-0.4, -0.2) is 12.2 Å². The van der Waals surface area contributed by atoms with Crippen molar-refractivity contribution in [2.24, 2.45) is 0 Å². The maximum atomic E-state index is 13.4. The van der Waals surface area contributed by atoms with Gasteiger partial charge in [0.25, 0.3) is 0 Å². The molecule has 0 aliphatic heterocycles. The van der Waals surface area contributed by atoms with Gasteiger partial charge in [0, 0.05) is 4.88 Å². The summed E-state index contributed by atoms with van der Waals surface area (Å²) in [6.45, 7) is 0. The first-order chi connectivity index (χ1) is 7.72. The Morgan fingerprint density at radius 3 is 2.75 bits per heavy atom. The molecule has 0 bridgehead atoms. The van der Waals surface area contributed by atoms with Gasteiger partial charge in [0.05, 0.1) is 7.11 Å². The molecule has 0 radical (unpaired) electrons. The second-order valence-corrected chi connectivity index (χ2v) is 4.29. The minimum absolute atomic E-state index is 0.183. The minimum atomic E-state index is -0.777. The summed E-state index contributed by atoms with van der Waals surface area (Å²) in [5, 5.41) is 11.8. The van der Waals surface area contributed by atoms with Crippen LogP contribution in [0.25, 0.3) is 0 Å². The number of aliphatic hydroxyl groups excluding tert-OH is 1. The van der Waals surface area contributed by atoms with Gasteiger partial charge in [-0.1, -0.05) is 12.1 Å². The van der Waals surface area contributed by atoms with Crippen molar-refractivity contribution < 1.29 is 14.2 Å². The molecule has 0 saturated carbocycles. The molecule has 0 fully saturated rings. The zero-order valence-corrected chi connectivity index (χ0v) is 9.50. The molecular formula is C12H11FO2S. The first-order valence-corrected chi connectivity index (χ1v) is 5.65. The fourth-order valence-corrected chi connectivity index (χ4v) is 2.20. The zero-order chi connectivity index (χ0) is 11.5. The molecule has 16 heavy (non-hydrogen) atoms. The number of methoxy groups -OCH3 is 1. The lowest BCUT2D eigenvalue weighted by Crippen LogP contribution is -1.98. The molecule has 84 valence electrons. The van der Waals surface area contributed by atoms with Crippen molar-refractivity contribution in [1.29, 1.82) is 0 Å². The number of hydrogen-bond acceptors (Lipinski definition) is 3. The molecule has 0 amide bonds. The lowest BCUT2D eigenvalue weighted by molar-refractivity contribution is 0.223. The average Bonchev–Trinajstić information content (AvgIpc) is 2.81. The van der Waals surface area contributed by atoms with E-state index in [2.05, 4.69) is 0 Å². The second kappa shape index (κ2) is 4.63. The summed E-state index contributed by atoms with van der Waals surface area (Å²) in [7, 11) is 1.41. The molecule has 0 saturated heterocycles. The van der Waals surface area contributed by atoms with Crippen LogP contribution in [0.5, 0.6) is 5.75 Å². The van der Waals surface area contributed by atoms with E-state index < -0.39 is 11.9 Å². The Morgan fingerprint density at radius 1 is 1.38 bits per heavy atom. The van der Waals surface area contributed by atoms with Gasteiger partial charge in [-0.3, -0.25) is 0 Å². The zero-order valence-electron chi connectivity index (χ0n) is 8.68. The Kier molecular flexibility index (Phi) is 3.22. The van der Waals surface area contributed by atoms with Gasteiger partial charge in [0.15, 0.2) is 11.6 Å². The molecule has 4 heteroatoms. The van der Waals surface area contributed by atoms with Gasteiger partial charge in [0.1, 0.15) is 6.10 Å². The molecule has 1 aromatic heterocycles. The molecule has 1 unspecified atom stereocenters. The van der Waals surface area contributed by atoms with Gasteiger partial charge in [-0.2, -0.15) is 0 Å². The van der Waals surface area contributed by atoms with Crippen molar-refractivity contribution in [3.05, 3.63) is 52.0 Å². The summed E-state index contributed by atoms with van der Waals surface area (Å²) in [6, 6.07) is 8.14. The number of thiophene rings is 1. The highest BCUT2D eigenvalue weighted by Crippen LogP contribution is 2.28. The molecule has 1 N–H and O–H groups in total. The van der Waals surface area contributed by atoms with Crippen LogP contribution >= 0.6 is 11.3 Å². The molecule has 1 atom stereocenters. The van der Waals surface area contributed by atoms with E-state index in [-0.39, 0.29) is 5.75 Å². The number of rotatable bonds is 3. The van der Waals surface area contributed by atoms with Crippen LogP contribution in [0.3, 0.4) is 0 Å². The first kappa shape index (κ1) is 11.1. The maximum Gasteiger partial charge on any atom is 0.165 e. The minimum Gasteiger partial charge on any atom is -0.494 e. The van der Waals surface area contributed by atoms with Crippen molar-refractivity contribution in [2.45, 2.75) is 6.10 Å². The molecule has 2 rings (SSSR count). The van der Waals surface area contributed by atoms with Crippen molar-refractivity contribution in [2.75, 3.05) is 7.11 Å². The lowest BCUT2D eigenvalue weighted by atomic mass is 10.1. The van der Waals surface area contributed by atoms with E-state index in [1.165, 1.54) is 30.6 Å². The number of hydrogen-bond donors (Lipinski definition) is 1. The number of halogens is 1. The van der Waals surface area contributed by atoms with Crippen LogP contribution in [-0.2, 0) is 0 Å². The summed E-state index contributed by atoms with van der Waals surface area (Å²) in [5.74, 6) is -0.280. The first-order valence-electron chi connectivity index (χ1n) is 4.77. The van der Waals surface area contributed by atoms with Crippen molar-refractivity contribution in [1.82, 2.24) is 0 Å². The van der Waals surface area contributed by atoms with Gasteiger partial charge < -0.3 is 9.84 Å². The van der Waals surface area contributed by atoms with Crippen LogP contribution in [0.1, 0.15) is 16.5 Å². The molecule has 0 aliphatic rings. The molecular weight excluding hydrogens is 227 g/mol. The second-order valence-electron chi connectivity index (χ2n) is 3.31. The van der Waals surface area contributed by atoms with E-state index in [1.54, 1.807) is 6.07 Å². The fraction of sp³-hybridized carbons (Fsp3) is 0.167. The highest BCUT2D eigenvalue weighted by atomic mass is 32.1. The van der Waals surface area contributed by atoms with E-state index >= 15 is 0 Å². The lowest BCUT2D eigenvalue weighted by Gasteiger charge is -2.10. The smallest absolute Gasteiger partial charge is 0.165 e. The predicted molar refractivity (Wildman–Crippen MR) is 61.3 cm³/mol. The van der Waals surface area contributed by atoms with Crippen molar-refractivity contribution in [3.63, 3.8) is 0 Å². The van der Waals surface area contributed by atoms with Gasteiger partial charge in [0.2, 0.25) is 0 Å². The summed E-state index contributed by atoms with van der Waals surface area (Å²) in [5.41, 5.74) is 0.528. The van der Waals surface area contributed by atoms with Crippen LogP contribution < -0.4 is 4.74 Å². The normalized spacial score (nSPS) is 12.4. The Labute approximate surface area is 96.9 Å². The predicted octanol–water partition coefficient (Wildman–Crippen LogP) is 2.98. The van der Waals surface area contributed by atoms with Crippen LogP contribution in [0.15, 0.2) is 35.7 Å². The Hall–Kier alpha value is -1.39. The third-order valence-corrected chi connectivity index (χ3v) is 3.23. The number of benzene rings is 1. The van der Waals surface area contributed by atoms with Crippen molar-refractivity contribution in [3.8, 4) is 5.75 Å². The largest absolute Gasteiger partial charge is 0.494 e. The SMILES string of the molecule is COc1ccc(C(O)c2cccs2)cc1F. The molecule has 2 aromatic rings. The van der Waals surface area contributed by atoms with E-state index in [0.717, 1.165) is 4.88 Å². The van der Waals surface area contributed by atoms with Gasteiger partial charge >= 0.3 is 0 Å². The Bertz CT molecular complexity index is 468. The average molecular weight is 238 g/mol. The molecule has 0 spiro atoms. The molecule has 1 aromatic carbocycles. The van der Waals surface area contributed by atoms with E-state index in [0.29, 0.717) is 5.56 Å². The summed E-state index contributed by atoms with van der Waals surface area (Å²) >= 11 is 1.44. The van der Waals surface area contributed by atoms with Gasteiger partial charge in [-0.25, -0.2) is 4.39 Å². The van der Waals surface area contributed by atoms with E-state index in [1.807, 2.05) is 17.5 Å². The van der Waals surface area contributed by atoms with Gasteiger partial charge in [-0.05, 0) is 29.1 Å². The fourth-order valence-electron chi connectivity index (χ4n) is 1.46. The maximum absolute atomic E-state index is 13.4. The monoisotopic (exact) mass is 238 g/mol. The Balaban J connectivity index is 2.31. The third-order valence-electron chi connectivity index (χ3n) is 2.30. The Morgan fingerprint density at radius 2 is 2.19 bits per heavy atom. The standard InChI is InChI=1S/C12H11FO2S/c1-15-10-5-4-8(7-9(10)13)12(14)11-3-2-6-16-11/h2-7,12,14H,1H3. The van der Waals surface area contributed by atoms with Crippen LogP contribution in [0, 0.1) is 5.82 Å². The van der Waals surface area contributed by atoms with E-state index in [9.17, 15) is 9.50 Å². The molecule has 2 nitrogen and oxygen atoms in total. The molecule has 1 heterocycles. The topological polar surface area (TPSA) is 29.5 Å². The molecule has 0 aliphatic carbocycles.